The Morgan fingerprint density at radius 2 is 2.00 bits per heavy atom. The smallest absolute Gasteiger partial charge is 0.273 e. The maximum atomic E-state index is 12.6. The van der Waals surface area contributed by atoms with Crippen molar-refractivity contribution in [3.05, 3.63) is 55.5 Å². The van der Waals surface area contributed by atoms with Crippen molar-refractivity contribution < 1.29 is 9.72 Å². The predicted molar refractivity (Wildman–Crippen MR) is 95.9 cm³/mol. The molecule has 0 N–H and O–H groups in total. The van der Waals surface area contributed by atoms with E-state index in [9.17, 15) is 14.9 Å². The van der Waals surface area contributed by atoms with Crippen molar-refractivity contribution in [2.75, 3.05) is 26.2 Å². The molecular formula is C17H20N4O3S. The molecule has 7 nitrogen and oxygen atoms in total. The number of hydrogen-bond donors (Lipinski definition) is 0. The van der Waals surface area contributed by atoms with Crippen molar-refractivity contribution in [2.45, 2.75) is 20.4 Å². The normalized spacial score (nSPS) is 15.4. The Bertz CT molecular complexity index is 797. The fraction of sp³-hybridized carbons (Fsp3) is 0.412. The number of aromatic nitrogens is 1. The number of piperazine rings is 1. The number of thiazole rings is 1. The summed E-state index contributed by atoms with van der Waals surface area (Å²) in [4.78, 5) is 31.8. The standard InChI is InChI=1S/C17H20N4O3S/c1-12-3-4-14(9-15(12)21(23)24)17(22)20-7-5-19(6-8-20)10-16-18-13(2)11-25-16/h3-4,9,11H,5-8,10H2,1-2H3. The molecule has 1 saturated heterocycles. The molecule has 0 unspecified atom stereocenters. The highest BCUT2D eigenvalue weighted by Gasteiger charge is 2.24. The van der Waals surface area contributed by atoms with Gasteiger partial charge in [0.25, 0.3) is 11.6 Å². The van der Waals surface area contributed by atoms with Crippen LogP contribution in [0.2, 0.25) is 0 Å². The van der Waals surface area contributed by atoms with Crippen molar-refractivity contribution in [3.8, 4) is 0 Å². The molecule has 0 atom stereocenters. The minimum Gasteiger partial charge on any atom is -0.336 e. The first-order valence-corrected chi connectivity index (χ1v) is 8.99. The monoisotopic (exact) mass is 360 g/mol. The van der Waals surface area contributed by atoms with E-state index < -0.39 is 4.92 Å². The van der Waals surface area contributed by atoms with Crippen molar-refractivity contribution >= 4 is 22.9 Å². The molecule has 3 rings (SSSR count). The lowest BCUT2D eigenvalue weighted by atomic mass is 10.1. The van der Waals surface area contributed by atoms with E-state index in [1.807, 2.05) is 12.3 Å². The lowest BCUT2D eigenvalue weighted by molar-refractivity contribution is -0.385. The Balaban J connectivity index is 1.61. The quantitative estimate of drug-likeness (QED) is 0.618. The van der Waals surface area contributed by atoms with Crippen LogP contribution in [0.15, 0.2) is 23.6 Å². The zero-order valence-electron chi connectivity index (χ0n) is 14.3. The van der Waals surface area contributed by atoms with E-state index in [1.165, 1.54) is 6.07 Å². The molecule has 132 valence electrons. The number of carbonyl (C=O) groups excluding carboxylic acids is 1. The summed E-state index contributed by atoms with van der Waals surface area (Å²) in [5.74, 6) is -0.146. The lowest BCUT2D eigenvalue weighted by Crippen LogP contribution is -2.48. The Labute approximate surface area is 150 Å². The van der Waals surface area contributed by atoms with E-state index in [2.05, 4.69) is 9.88 Å². The molecule has 1 fully saturated rings. The number of rotatable bonds is 4. The Hall–Kier alpha value is -2.32. The highest BCUT2D eigenvalue weighted by atomic mass is 32.1. The molecule has 0 saturated carbocycles. The summed E-state index contributed by atoms with van der Waals surface area (Å²) >= 11 is 1.66. The lowest BCUT2D eigenvalue weighted by Gasteiger charge is -2.34. The number of hydrogen-bond acceptors (Lipinski definition) is 6. The third-order valence-electron chi connectivity index (χ3n) is 4.34. The van der Waals surface area contributed by atoms with E-state index >= 15 is 0 Å². The van der Waals surface area contributed by atoms with Crippen LogP contribution in [-0.2, 0) is 6.54 Å². The summed E-state index contributed by atoms with van der Waals surface area (Å²) < 4.78 is 0. The van der Waals surface area contributed by atoms with Gasteiger partial charge in [-0.2, -0.15) is 0 Å². The summed E-state index contributed by atoms with van der Waals surface area (Å²) in [7, 11) is 0. The fourth-order valence-corrected chi connectivity index (χ4v) is 3.71. The van der Waals surface area contributed by atoms with Crippen LogP contribution in [0.5, 0.6) is 0 Å². The van der Waals surface area contributed by atoms with Crippen LogP contribution in [0, 0.1) is 24.0 Å². The second-order valence-corrected chi connectivity index (χ2v) is 7.15. The van der Waals surface area contributed by atoms with Crippen LogP contribution in [0.1, 0.15) is 26.6 Å². The molecule has 1 aliphatic heterocycles. The van der Waals surface area contributed by atoms with E-state index in [1.54, 1.807) is 35.3 Å². The average molecular weight is 360 g/mol. The molecule has 8 heteroatoms. The van der Waals surface area contributed by atoms with Crippen molar-refractivity contribution in [1.29, 1.82) is 0 Å². The van der Waals surface area contributed by atoms with Gasteiger partial charge in [0.2, 0.25) is 0 Å². The molecule has 0 spiro atoms. The second kappa shape index (κ2) is 7.28. The number of carbonyl (C=O) groups is 1. The molecule has 0 radical (unpaired) electrons. The van der Waals surface area contributed by atoms with Crippen LogP contribution in [0.3, 0.4) is 0 Å². The molecule has 2 aromatic rings. The number of benzene rings is 1. The summed E-state index contributed by atoms with van der Waals surface area (Å²) in [6, 6.07) is 4.67. The van der Waals surface area contributed by atoms with E-state index in [0.717, 1.165) is 30.3 Å². The number of nitrogens with zero attached hydrogens (tertiary/aromatic N) is 4. The molecule has 25 heavy (non-hydrogen) atoms. The van der Waals surface area contributed by atoms with Gasteiger partial charge in [0.05, 0.1) is 11.5 Å². The van der Waals surface area contributed by atoms with Crippen LogP contribution < -0.4 is 0 Å². The first-order valence-electron chi connectivity index (χ1n) is 8.11. The summed E-state index contributed by atoms with van der Waals surface area (Å²) in [6.45, 7) is 7.24. The summed E-state index contributed by atoms with van der Waals surface area (Å²) in [5, 5.41) is 14.2. The van der Waals surface area contributed by atoms with Gasteiger partial charge in [-0.25, -0.2) is 4.98 Å². The van der Waals surface area contributed by atoms with Crippen LogP contribution in [0.4, 0.5) is 5.69 Å². The molecule has 1 aromatic carbocycles. The van der Waals surface area contributed by atoms with Gasteiger partial charge in [0, 0.05) is 54.4 Å². The Morgan fingerprint density at radius 3 is 2.60 bits per heavy atom. The van der Waals surface area contributed by atoms with Crippen molar-refractivity contribution in [2.24, 2.45) is 0 Å². The number of nitro benzene ring substituents is 1. The molecule has 0 aliphatic carbocycles. The highest BCUT2D eigenvalue weighted by molar-refractivity contribution is 7.09. The number of aryl methyl sites for hydroxylation is 2. The highest BCUT2D eigenvalue weighted by Crippen LogP contribution is 2.21. The number of nitro groups is 1. The van der Waals surface area contributed by atoms with Crippen molar-refractivity contribution in [1.82, 2.24) is 14.8 Å². The SMILES string of the molecule is Cc1csc(CN2CCN(C(=O)c3ccc(C)c([N+](=O)[O-])c3)CC2)n1. The molecule has 0 bridgehead atoms. The third kappa shape index (κ3) is 4.02. The maximum absolute atomic E-state index is 12.6. The molecule has 1 aliphatic rings. The zero-order chi connectivity index (χ0) is 18.0. The zero-order valence-corrected chi connectivity index (χ0v) is 15.1. The van der Waals surface area contributed by atoms with Gasteiger partial charge in [-0.3, -0.25) is 19.8 Å². The molecule has 1 aromatic heterocycles. The van der Waals surface area contributed by atoms with Gasteiger partial charge in [-0.15, -0.1) is 11.3 Å². The minimum atomic E-state index is -0.444. The molecule has 1 amide bonds. The second-order valence-electron chi connectivity index (χ2n) is 6.21. The Kier molecular flexibility index (Phi) is 5.10. The van der Waals surface area contributed by atoms with Gasteiger partial charge in [0.15, 0.2) is 0 Å². The van der Waals surface area contributed by atoms with E-state index in [-0.39, 0.29) is 11.6 Å². The maximum Gasteiger partial charge on any atom is 0.273 e. The predicted octanol–water partition coefficient (Wildman–Crippen LogP) is 2.63. The molecule has 2 heterocycles. The summed E-state index contributed by atoms with van der Waals surface area (Å²) in [6.07, 6.45) is 0. The molecular weight excluding hydrogens is 340 g/mol. The largest absolute Gasteiger partial charge is 0.336 e. The average Bonchev–Trinajstić information content (AvgIpc) is 3.00. The first-order chi connectivity index (χ1) is 11.9. The van der Waals surface area contributed by atoms with E-state index in [0.29, 0.717) is 24.2 Å². The number of amides is 1. The van der Waals surface area contributed by atoms with Gasteiger partial charge in [-0.1, -0.05) is 6.07 Å². The van der Waals surface area contributed by atoms with Gasteiger partial charge >= 0.3 is 0 Å². The van der Waals surface area contributed by atoms with Gasteiger partial charge in [0.1, 0.15) is 5.01 Å². The first kappa shape index (κ1) is 17.5. The van der Waals surface area contributed by atoms with Gasteiger partial charge < -0.3 is 4.90 Å². The topological polar surface area (TPSA) is 79.6 Å². The third-order valence-corrected chi connectivity index (χ3v) is 5.29. The summed E-state index contributed by atoms with van der Waals surface area (Å²) in [5.41, 5.74) is 1.96. The van der Waals surface area contributed by atoms with Gasteiger partial charge in [-0.05, 0) is 19.9 Å². The fourth-order valence-electron chi connectivity index (χ4n) is 2.90. The van der Waals surface area contributed by atoms with Crippen LogP contribution in [0.25, 0.3) is 0 Å². The van der Waals surface area contributed by atoms with Crippen LogP contribution in [-0.4, -0.2) is 51.8 Å². The van der Waals surface area contributed by atoms with E-state index in [4.69, 9.17) is 0 Å². The van der Waals surface area contributed by atoms with Crippen LogP contribution >= 0.6 is 11.3 Å². The Morgan fingerprint density at radius 1 is 1.28 bits per heavy atom. The minimum absolute atomic E-state index is 0.0105. The van der Waals surface area contributed by atoms with Crippen molar-refractivity contribution in [3.63, 3.8) is 0 Å².